The minimum Gasteiger partial charge on any atom is -0.393 e. The summed E-state index contributed by atoms with van der Waals surface area (Å²) in [5, 5.41) is 13.9. The van der Waals surface area contributed by atoms with E-state index >= 15 is 0 Å². The summed E-state index contributed by atoms with van der Waals surface area (Å²) in [5.74, 6) is 0. The number of H-pyrrole nitrogens is 1. The van der Waals surface area contributed by atoms with Crippen LogP contribution in [0, 0.1) is 0 Å². The maximum absolute atomic E-state index is 12.0. The highest BCUT2D eigenvalue weighted by molar-refractivity contribution is 5.78. The Hall–Kier alpha value is -1.69. The molecule has 1 aliphatic rings. The number of piperidine rings is 1. The molecule has 0 radical (unpaired) electrons. The number of aromatic nitrogens is 1. The van der Waals surface area contributed by atoms with Crippen LogP contribution in [0.3, 0.4) is 0 Å². The molecule has 0 aliphatic carbocycles. The topological polar surface area (TPSA) is 68.4 Å². The number of aliphatic hydroxyl groups excluding tert-OH is 1. The zero-order chi connectivity index (χ0) is 16.1. The van der Waals surface area contributed by atoms with Crippen LogP contribution in [-0.2, 0) is 6.54 Å². The lowest BCUT2D eigenvalue weighted by Crippen LogP contribution is -2.37. The highest BCUT2D eigenvalue weighted by Gasteiger charge is 2.15. The van der Waals surface area contributed by atoms with Crippen LogP contribution in [0.5, 0.6) is 0 Å². The third-order valence-corrected chi connectivity index (χ3v) is 4.53. The number of benzene rings is 1. The van der Waals surface area contributed by atoms with Crippen LogP contribution in [0.4, 0.5) is 0 Å². The summed E-state index contributed by atoms with van der Waals surface area (Å²) in [7, 11) is 0. The minimum absolute atomic E-state index is 0.0128. The fraction of sp³-hybridized carbons (Fsp3) is 0.500. The first-order valence-electron chi connectivity index (χ1n) is 8.44. The first kappa shape index (κ1) is 16.2. The van der Waals surface area contributed by atoms with Gasteiger partial charge in [0.2, 0.25) is 0 Å². The fourth-order valence-corrected chi connectivity index (χ4v) is 3.12. The Kier molecular flexibility index (Phi) is 5.43. The van der Waals surface area contributed by atoms with Crippen molar-refractivity contribution in [1.82, 2.24) is 15.2 Å². The lowest BCUT2D eigenvalue weighted by atomic mass is 10.1. The molecule has 2 heterocycles. The molecular weight excluding hydrogens is 290 g/mol. The Bertz CT molecular complexity index is 690. The first-order valence-corrected chi connectivity index (χ1v) is 8.44. The van der Waals surface area contributed by atoms with Crippen LogP contribution >= 0.6 is 0 Å². The quantitative estimate of drug-likeness (QED) is 0.706. The lowest BCUT2D eigenvalue weighted by molar-refractivity contribution is 0.0821. The molecule has 1 saturated heterocycles. The standard InChI is InChI=1S/C18H25N3O2/c22-16-6-10-21(11-7-16)9-3-8-19-13-15-12-14-4-1-2-5-17(14)20-18(15)23/h1-2,4-5,12,16,19,22H,3,6-11,13H2,(H,20,23). The van der Waals surface area contributed by atoms with Gasteiger partial charge >= 0.3 is 0 Å². The van der Waals surface area contributed by atoms with Crippen LogP contribution in [0.2, 0.25) is 0 Å². The van der Waals surface area contributed by atoms with E-state index in [0.717, 1.165) is 61.9 Å². The van der Waals surface area contributed by atoms with Gasteiger partial charge in [0.15, 0.2) is 0 Å². The van der Waals surface area contributed by atoms with E-state index < -0.39 is 0 Å². The predicted octanol–water partition coefficient (Wildman–Crippen LogP) is 1.46. The van der Waals surface area contributed by atoms with Crippen LogP contribution in [0.15, 0.2) is 35.1 Å². The maximum atomic E-state index is 12.0. The minimum atomic E-state index is -0.107. The second-order valence-electron chi connectivity index (χ2n) is 6.31. The Morgan fingerprint density at radius 3 is 2.87 bits per heavy atom. The SMILES string of the molecule is O=c1[nH]c2ccccc2cc1CNCCCN1CCC(O)CC1. The normalized spacial score (nSPS) is 16.9. The number of pyridine rings is 1. The van der Waals surface area contributed by atoms with Crippen molar-refractivity contribution in [3.8, 4) is 0 Å². The van der Waals surface area contributed by atoms with Gasteiger partial charge in [-0.25, -0.2) is 0 Å². The number of hydrogen-bond donors (Lipinski definition) is 3. The third kappa shape index (κ3) is 4.41. The number of aromatic amines is 1. The molecule has 1 aliphatic heterocycles. The van der Waals surface area contributed by atoms with Gasteiger partial charge in [0.25, 0.3) is 5.56 Å². The van der Waals surface area contributed by atoms with E-state index in [1.54, 1.807) is 0 Å². The highest BCUT2D eigenvalue weighted by Crippen LogP contribution is 2.11. The first-order chi connectivity index (χ1) is 11.2. The number of para-hydroxylation sites is 1. The molecule has 5 nitrogen and oxygen atoms in total. The second-order valence-corrected chi connectivity index (χ2v) is 6.31. The van der Waals surface area contributed by atoms with Gasteiger partial charge < -0.3 is 20.3 Å². The number of aliphatic hydroxyl groups is 1. The molecule has 1 aromatic carbocycles. The van der Waals surface area contributed by atoms with Gasteiger partial charge in [0.05, 0.1) is 6.10 Å². The Morgan fingerprint density at radius 2 is 2.04 bits per heavy atom. The summed E-state index contributed by atoms with van der Waals surface area (Å²) in [4.78, 5) is 17.4. The van der Waals surface area contributed by atoms with E-state index in [0.29, 0.717) is 6.54 Å². The van der Waals surface area contributed by atoms with Crippen molar-refractivity contribution in [1.29, 1.82) is 0 Å². The molecule has 1 aromatic heterocycles. The molecule has 1 fully saturated rings. The molecule has 5 heteroatoms. The van der Waals surface area contributed by atoms with E-state index in [-0.39, 0.29) is 11.7 Å². The summed E-state index contributed by atoms with van der Waals surface area (Å²) < 4.78 is 0. The molecule has 0 atom stereocenters. The third-order valence-electron chi connectivity index (χ3n) is 4.53. The Labute approximate surface area is 136 Å². The average molecular weight is 315 g/mol. The number of nitrogens with zero attached hydrogens (tertiary/aromatic N) is 1. The van der Waals surface area contributed by atoms with E-state index in [9.17, 15) is 9.90 Å². The van der Waals surface area contributed by atoms with Crippen molar-refractivity contribution in [3.63, 3.8) is 0 Å². The number of fused-ring (bicyclic) bond motifs is 1. The number of rotatable bonds is 6. The number of likely N-dealkylation sites (tertiary alicyclic amines) is 1. The zero-order valence-electron chi connectivity index (χ0n) is 13.4. The van der Waals surface area contributed by atoms with Gasteiger partial charge in [-0.05, 0) is 49.9 Å². The molecule has 0 unspecified atom stereocenters. The molecule has 23 heavy (non-hydrogen) atoms. The van der Waals surface area contributed by atoms with E-state index in [4.69, 9.17) is 0 Å². The average Bonchev–Trinajstić information content (AvgIpc) is 2.56. The van der Waals surface area contributed by atoms with Gasteiger partial charge in [0, 0.05) is 30.7 Å². The van der Waals surface area contributed by atoms with Crippen molar-refractivity contribution < 1.29 is 5.11 Å². The highest BCUT2D eigenvalue weighted by atomic mass is 16.3. The Morgan fingerprint density at radius 1 is 1.26 bits per heavy atom. The van der Waals surface area contributed by atoms with Gasteiger partial charge in [-0.15, -0.1) is 0 Å². The van der Waals surface area contributed by atoms with Crippen LogP contribution < -0.4 is 10.9 Å². The molecule has 124 valence electrons. The van der Waals surface area contributed by atoms with Gasteiger partial charge in [0.1, 0.15) is 0 Å². The maximum Gasteiger partial charge on any atom is 0.252 e. The fourth-order valence-electron chi connectivity index (χ4n) is 3.12. The molecule has 0 spiro atoms. The van der Waals surface area contributed by atoms with E-state index in [1.165, 1.54) is 0 Å². The van der Waals surface area contributed by atoms with Crippen molar-refractivity contribution in [2.75, 3.05) is 26.2 Å². The van der Waals surface area contributed by atoms with Crippen LogP contribution in [0.25, 0.3) is 10.9 Å². The molecule has 3 N–H and O–H groups in total. The van der Waals surface area contributed by atoms with Crippen molar-refractivity contribution in [3.05, 3.63) is 46.2 Å². The summed E-state index contributed by atoms with van der Waals surface area (Å²) in [6, 6.07) is 9.81. The van der Waals surface area contributed by atoms with Crippen LogP contribution in [-0.4, -0.2) is 47.3 Å². The van der Waals surface area contributed by atoms with Gasteiger partial charge in [-0.3, -0.25) is 4.79 Å². The molecule has 0 bridgehead atoms. The summed E-state index contributed by atoms with van der Waals surface area (Å²) in [6.07, 6.45) is 2.73. The van der Waals surface area contributed by atoms with Crippen molar-refractivity contribution >= 4 is 10.9 Å². The zero-order valence-corrected chi connectivity index (χ0v) is 13.4. The number of nitrogens with one attached hydrogen (secondary N) is 2. The molecule has 2 aromatic rings. The smallest absolute Gasteiger partial charge is 0.252 e. The summed E-state index contributed by atoms with van der Waals surface area (Å²) >= 11 is 0. The summed E-state index contributed by atoms with van der Waals surface area (Å²) in [5.41, 5.74) is 1.65. The molecule has 3 rings (SSSR count). The van der Waals surface area contributed by atoms with E-state index in [2.05, 4.69) is 15.2 Å². The molecule has 0 amide bonds. The molecule has 0 saturated carbocycles. The monoisotopic (exact) mass is 315 g/mol. The number of hydrogen-bond acceptors (Lipinski definition) is 4. The van der Waals surface area contributed by atoms with Crippen molar-refractivity contribution in [2.45, 2.75) is 31.9 Å². The molecular formula is C18H25N3O2. The van der Waals surface area contributed by atoms with Gasteiger partial charge in [-0.2, -0.15) is 0 Å². The largest absolute Gasteiger partial charge is 0.393 e. The van der Waals surface area contributed by atoms with Crippen molar-refractivity contribution in [2.24, 2.45) is 0 Å². The van der Waals surface area contributed by atoms with Crippen LogP contribution in [0.1, 0.15) is 24.8 Å². The lowest BCUT2D eigenvalue weighted by Gasteiger charge is -2.29. The summed E-state index contributed by atoms with van der Waals surface area (Å²) in [6.45, 7) is 4.52. The van der Waals surface area contributed by atoms with E-state index in [1.807, 2.05) is 30.3 Å². The van der Waals surface area contributed by atoms with Gasteiger partial charge in [-0.1, -0.05) is 18.2 Å². The second kappa shape index (κ2) is 7.73. The predicted molar refractivity (Wildman–Crippen MR) is 92.6 cm³/mol. The Balaban J connectivity index is 1.44.